The number of carbonyl (C=O) groups is 1. The van der Waals surface area contributed by atoms with E-state index in [0.29, 0.717) is 18.2 Å². The number of aliphatic hydroxyl groups is 1. The van der Waals surface area contributed by atoms with Gasteiger partial charge in [0.2, 0.25) is 0 Å². The Balaban J connectivity index is 1.26. The Morgan fingerprint density at radius 3 is 2.60 bits per heavy atom. The van der Waals surface area contributed by atoms with Gasteiger partial charge in [-0.1, -0.05) is 0 Å². The Morgan fingerprint density at radius 2 is 1.93 bits per heavy atom. The number of aromatic nitrogens is 2. The molecule has 7 nitrogen and oxygen atoms in total. The molecule has 0 bridgehead atoms. The van der Waals surface area contributed by atoms with Gasteiger partial charge in [-0.25, -0.2) is 0 Å². The van der Waals surface area contributed by atoms with Crippen molar-refractivity contribution in [3.8, 4) is 0 Å². The average molecular weight is 412 g/mol. The number of nitrogens with zero attached hydrogens (tertiary/aromatic N) is 4. The van der Waals surface area contributed by atoms with E-state index >= 15 is 0 Å². The Kier molecular flexibility index (Phi) is 6.69. The molecule has 0 unspecified atom stereocenters. The van der Waals surface area contributed by atoms with E-state index in [1.807, 2.05) is 23.0 Å². The van der Waals surface area contributed by atoms with Crippen molar-refractivity contribution < 1.29 is 9.90 Å². The van der Waals surface area contributed by atoms with Gasteiger partial charge in [0, 0.05) is 68.3 Å². The molecular formula is C23H33N5O2. The highest BCUT2D eigenvalue weighted by atomic mass is 16.3. The van der Waals surface area contributed by atoms with Crippen LogP contribution in [0.4, 0.5) is 5.69 Å². The molecule has 2 saturated heterocycles. The lowest BCUT2D eigenvalue weighted by molar-refractivity contribution is 0.0474. The summed E-state index contributed by atoms with van der Waals surface area (Å²) in [6, 6.07) is 8.49. The fraction of sp³-hybridized carbons (Fsp3) is 0.565. The van der Waals surface area contributed by atoms with Crippen molar-refractivity contribution in [2.45, 2.75) is 57.8 Å². The number of benzene rings is 1. The molecule has 30 heavy (non-hydrogen) atoms. The van der Waals surface area contributed by atoms with Crippen LogP contribution in [0.25, 0.3) is 0 Å². The molecule has 0 radical (unpaired) electrons. The van der Waals surface area contributed by atoms with Gasteiger partial charge in [0.25, 0.3) is 5.91 Å². The van der Waals surface area contributed by atoms with E-state index in [1.165, 1.54) is 11.3 Å². The van der Waals surface area contributed by atoms with E-state index in [0.717, 1.165) is 58.4 Å². The van der Waals surface area contributed by atoms with Crippen LogP contribution in [0.2, 0.25) is 0 Å². The summed E-state index contributed by atoms with van der Waals surface area (Å²) in [4.78, 5) is 16.8. The third-order valence-electron chi connectivity index (χ3n) is 6.26. The van der Waals surface area contributed by atoms with E-state index in [9.17, 15) is 9.90 Å². The SMILES string of the molecule is CCn1cc(CNC2CCN(c3ccc(C(=O)N4CCC[C@@H](O)C4)cc3)CC2)cn1. The first-order valence-electron chi connectivity index (χ1n) is 11.2. The zero-order valence-electron chi connectivity index (χ0n) is 17.8. The van der Waals surface area contributed by atoms with Gasteiger partial charge < -0.3 is 20.2 Å². The second-order valence-corrected chi connectivity index (χ2v) is 8.44. The van der Waals surface area contributed by atoms with Crippen molar-refractivity contribution in [2.75, 3.05) is 31.1 Å². The molecule has 3 heterocycles. The maximum atomic E-state index is 12.7. The molecule has 1 aromatic carbocycles. The fourth-order valence-corrected chi connectivity index (χ4v) is 4.41. The number of hydrogen-bond donors (Lipinski definition) is 2. The summed E-state index contributed by atoms with van der Waals surface area (Å²) in [5.74, 6) is 0.0228. The highest BCUT2D eigenvalue weighted by Crippen LogP contribution is 2.22. The topological polar surface area (TPSA) is 73.6 Å². The normalized spacial score (nSPS) is 20.5. The van der Waals surface area contributed by atoms with Crippen molar-refractivity contribution in [3.05, 3.63) is 47.8 Å². The summed E-state index contributed by atoms with van der Waals surface area (Å²) in [6.45, 7) is 7.07. The predicted molar refractivity (Wildman–Crippen MR) is 118 cm³/mol. The minimum Gasteiger partial charge on any atom is -0.391 e. The molecule has 162 valence electrons. The molecule has 1 aromatic heterocycles. The summed E-state index contributed by atoms with van der Waals surface area (Å²) in [5.41, 5.74) is 3.12. The summed E-state index contributed by atoms with van der Waals surface area (Å²) in [5, 5.41) is 17.8. The molecule has 2 aliphatic rings. The summed E-state index contributed by atoms with van der Waals surface area (Å²) in [6.07, 6.45) is 7.53. The zero-order chi connectivity index (χ0) is 20.9. The number of piperidine rings is 2. The third-order valence-corrected chi connectivity index (χ3v) is 6.26. The van der Waals surface area contributed by atoms with Gasteiger partial charge in [-0.15, -0.1) is 0 Å². The number of aliphatic hydroxyl groups excluding tert-OH is 1. The molecule has 0 saturated carbocycles. The lowest BCUT2D eigenvalue weighted by atomic mass is 10.0. The largest absolute Gasteiger partial charge is 0.391 e. The number of β-amino-alcohol motifs (C(OH)–C–C–N with tert-alkyl or cyclic N) is 1. The zero-order valence-corrected chi connectivity index (χ0v) is 17.8. The van der Waals surface area contributed by atoms with Crippen molar-refractivity contribution >= 4 is 11.6 Å². The number of aryl methyl sites for hydroxylation is 1. The first kappa shape index (κ1) is 20.9. The van der Waals surface area contributed by atoms with Crippen molar-refractivity contribution in [1.82, 2.24) is 20.0 Å². The molecule has 2 aromatic rings. The Hall–Kier alpha value is -2.38. The van der Waals surface area contributed by atoms with Crippen LogP contribution in [-0.4, -0.2) is 64.0 Å². The van der Waals surface area contributed by atoms with Crippen LogP contribution in [0.3, 0.4) is 0 Å². The van der Waals surface area contributed by atoms with Gasteiger partial charge in [0.05, 0.1) is 12.3 Å². The molecular weight excluding hydrogens is 378 g/mol. The summed E-state index contributed by atoms with van der Waals surface area (Å²) < 4.78 is 1.96. The van der Waals surface area contributed by atoms with E-state index in [2.05, 4.69) is 40.6 Å². The molecule has 1 amide bonds. The molecule has 4 rings (SSSR count). The molecule has 1 atom stereocenters. The van der Waals surface area contributed by atoms with Gasteiger partial charge >= 0.3 is 0 Å². The molecule has 0 spiro atoms. The third kappa shape index (κ3) is 5.02. The van der Waals surface area contributed by atoms with Crippen LogP contribution in [0.15, 0.2) is 36.7 Å². The lowest BCUT2D eigenvalue weighted by Crippen LogP contribution is -2.42. The van der Waals surface area contributed by atoms with Gasteiger partial charge in [-0.05, 0) is 56.9 Å². The number of anilines is 1. The summed E-state index contributed by atoms with van der Waals surface area (Å²) in [7, 11) is 0. The number of carbonyl (C=O) groups excluding carboxylic acids is 1. The van der Waals surface area contributed by atoms with Crippen LogP contribution >= 0.6 is 0 Å². The maximum Gasteiger partial charge on any atom is 0.253 e. The van der Waals surface area contributed by atoms with Gasteiger partial charge in [0.15, 0.2) is 0 Å². The van der Waals surface area contributed by atoms with Crippen LogP contribution in [0.1, 0.15) is 48.5 Å². The molecule has 0 aliphatic carbocycles. The number of rotatable bonds is 6. The first-order chi connectivity index (χ1) is 14.6. The van der Waals surface area contributed by atoms with E-state index in [1.54, 1.807) is 4.90 Å². The lowest BCUT2D eigenvalue weighted by Gasteiger charge is -2.34. The number of amides is 1. The fourth-order valence-electron chi connectivity index (χ4n) is 4.41. The predicted octanol–water partition coefficient (Wildman–Crippen LogP) is 2.26. The smallest absolute Gasteiger partial charge is 0.253 e. The molecule has 2 N–H and O–H groups in total. The Labute approximate surface area is 178 Å². The van der Waals surface area contributed by atoms with Crippen molar-refractivity contribution in [2.24, 2.45) is 0 Å². The molecule has 2 fully saturated rings. The minimum atomic E-state index is -0.389. The van der Waals surface area contributed by atoms with Crippen molar-refractivity contribution in [3.63, 3.8) is 0 Å². The van der Waals surface area contributed by atoms with Gasteiger partial charge in [0.1, 0.15) is 0 Å². The van der Waals surface area contributed by atoms with Crippen LogP contribution in [-0.2, 0) is 13.1 Å². The van der Waals surface area contributed by atoms with Crippen molar-refractivity contribution in [1.29, 1.82) is 0 Å². The standard InChI is InChI=1S/C23H33N5O2/c1-2-28-16-18(15-25-28)14-24-20-9-12-26(13-10-20)21-7-5-19(6-8-21)23(30)27-11-3-4-22(29)17-27/h5-8,15-16,20,22,24,29H,2-4,9-14,17H2,1H3/t22-/m1/s1. The number of hydrogen-bond acceptors (Lipinski definition) is 5. The Morgan fingerprint density at radius 1 is 1.17 bits per heavy atom. The molecule has 7 heteroatoms. The van der Waals surface area contributed by atoms with E-state index in [-0.39, 0.29) is 12.0 Å². The second-order valence-electron chi connectivity index (χ2n) is 8.44. The van der Waals surface area contributed by atoms with E-state index < -0.39 is 0 Å². The van der Waals surface area contributed by atoms with E-state index in [4.69, 9.17) is 0 Å². The Bertz CT molecular complexity index is 826. The monoisotopic (exact) mass is 411 g/mol. The quantitative estimate of drug-likeness (QED) is 0.763. The highest BCUT2D eigenvalue weighted by molar-refractivity contribution is 5.94. The van der Waals surface area contributed by atoms with Crippen LogP contribution < -0.4 is 10.2 Å². The highest BCUT2D eigenvalue weighted by Gasteiger charge is 2.24. The molecule has 2 aliphatic heterocycles. The van der Waals surface area contributed by atoms with Gasteiger partial charge in [-0.2, -0.15) is 5.10 Å². The minimum absolute atomic E-state index is 0.0228. The average Bonchev–Trinajstić information content (AvgIpc) is 3.26. The summed E-state index contributed by atoms with van der Waals surface area (Å²) >= 11 is 0. The first-order valence-corrected chi connectivity index (χ1v) is 11.2. The number of likely N-dealkylation sites (tertiary alicyclic amines) is 1. The van der Waals surface area contributed by atoms with Crippen LogP contribution in [0.5, 0.6) is 0 Å². The van der Waals surface area contributed by atoms with Gasteiger partial charge in [-0.3, -0.25) is 9.48 Å². The van der Waals surface area contributed by atoms with Crippen LogP contribution in [0, 0.1) is 0 Å². The second kappa shape index (κ2) is 9.62. The maximum absolute atomic E-state index is 12.7. The number of nitrogens with one attached hydrogen (secondary N) is 1.